The minimum atomic E-state index is -0.623. The quantitative estimate of drug-likeness (QED) is 0.710. The van der Waals surface area contributed by atoms with Crippen LogP contribution < -0.4 is 0 Å². The van der Waals surface area contributed by atoms with Gasteiger partial charge in [-0.1, -0.05) is 12.1 Å². The maximum absolute atomic E-state index is 13.9. The highest BCUT2D eigenvalue weighted by Gasteiger charge is 2.12. The molecular weight excluding hydrogens is 267 g/mol. The van der Waals surface area contributed by atoms with E-state index in [1.54, 1.807) is 12.1 Å². The Morgan fingerprint density at radius 1 is 1.33 bits per heavy atom. The minimum Gasteiger partial charge on any atom is -0.504 e. The second-order valence-electron chi connectivity index (χ2n) is 5.02. The zero-order valence-corrected chi connectivity index (χ0v) is 11.7. The summed E-state index contributed by atoms with van der Waals surface area (Å²) in [6, 6.07) is 8.66. The normalized spacial score (nSPS) is 11.0. The number of allylic oxidation sites excluding steroid dienone is 1. The number of hydrogen-bond donors (Lipinski definition) is 2. The third kappa shape index (κ3) is 2.40. The summed E-state index contributed by atoms with van der Waals surface area (Å²) in [6.45, 7) is 5.53. The first-order valence-electron chi connectivity index (χ1n) is 6.67. The Balaban J connectivity index is 2.18. The van der Waals surface area contributed by atoms with Crippen LogP contribution in [0.1, 0.15) is 11.4 Å². The largest absolute Gasteiger partial charge is 0.504 e. The first-order chi connectivity index (χ1) is 10.1. The number of benzene rings is 2. The summed E-state index contributed by atoms with van der Waals surface area (Å²) < 4.78 is 13.9. The lowest BCUT2D eigenvalue weighted by Gasteiger charge is -2.08. The molecule has 1 aromatic heterocycles. The second kappa shape index (κ2) is 5.05. The van der Waals surface area contributed by atoms with Crippen molar-refractivity contribution in [3.63, 3.8) is 0 Å². The van der Waals surface area contributed by atoms with Gasteiger partial charge in [-0.25, -0.2) is 9.37 Å². The van der Waals surface area contributed by atoms with E-state index in [9.17, 15) is 9.50 Å². The molecule has 21 heavy (non-hydrogen) atoms. The van der Waals surface area contributed by atoms with E-state index in [0.29, 0.717) is 12.0 Å². The smallest absolute Gasteiger partial charge is 0.165 e. The fraction of sp³-hybridized carbons (Fsp3) is 0.118. The number of fused-ring (bicyclic) bond motifs is 1. The maximum Gasteiger partial charge on any atom is 0.165 e. The molecule has 0 unspecified atom stereocenters. The number of phenols is 1. The van der Waals surface area contributed by atoms with Crippen LogP contribution in [0.3, 0.4) is 0 Å². The first kappa shape index (κ1) is 13.4. The lowest BCUT2D eigenvalue weighted by molar-refractivity contribution is 0.434. The Bertz CT molecular complexity index is 836. The lowest BCUT2D eigenvalue weighted by Crippen LogP contribution is -1.89. The standard InChI is InChI=1S/C17H15FN2O/c1-3-4-11-7-13(17(21)14(18)8-11)12-5-6-15-16(9-12)20-10(2)19-15/h3,5-9,21H,1,4H2,2H3,(H,19,20). The van der Waals surface area contributed by atoms with Crippen LogP contribution in [0.5, 0.6) is 5.75 Å². The molecule has 0 bridgehead atoms. The Morgan fingerprint density at radius 2 is 2.14 bits per heavy atom. The van der Waals surface area contributed by atoms with Gasteiger partial charge in [0.1, 0.15) is 5.82 Å². The SMILES string of the molecule is C=CCc1cc(F)c(O)c(-c2ccc3[nH]c(C)nc3c2)c1. The summed E-state index contributed by atoms with van der Waals surface area (Å²) in [5, 5.41) is 9.99. The molecule has 3 rings (SSSR count). The molecule has 0 aliphatic heterocycles. The molecule has 0 aliphatic carbocycles. The average Bonchev–Trinajstić information content (AvgIpc) is 2.82. The maximum atomic E-state index is 13.9. The van der Waals surface area contributed by atoms with Crippen molar-refractivity contribution in [2.45, 2.75) is 13.3 Å². The van der Waals surface area contributed by atoms with Gasteiger partial charge < -0.3 is 10.1 Å². The number of rotatable bonds is 3. The highest BCUT2D eigenvalue weighted by molar-refractivity contribution is 5.83. The van der Waals surface area contributed by atoms with Crippen molar-refractivity contribution in [1.82, 2.24) is 9.97 Å². The molecular formula is C17H15FN2O. The summed E-state index contributed by atoms with van der Waals surface area (Å²) in [5.41, 5.74) is 3.68. The Labute approximate surface area is 121 Å². The third-order valence-electron chi connectivity index (χ3n) is 3.42. The van der Waals surface area contributed by atoms with Gasteiger partial charge >= 0.3 is 0 Å². The molecule has 0 atom stereocenters. The first-order valence-corrected chi connectivity index (χ1v) is 6.67. The summed E-state index contributed by atoms with van der Waals surface area (Å²) in [5.74, 6) is -0.143. The van der Waals surface area contributed by atoms with E-state index < -0.39 is 5.82 Å². The molecule has 106 valence electrons. The van der Waals surface area contributed by atoms with Crippen LogP contribution in [0.25, 0.3) is 22.2 Å². The fourth-order valence-corrected chi connectivity index (χ4v) is 2.46. The molecule has 0 saturated heterocycles. The number of hydrogen-bond acceptors (Lipinski definition) is 2. The van der Waals surface area contributed by atoms with Crippen molar-refractivity contribution < 1.29 is 9.50 Å². The van der Waals surface area contributed by atoms with E-state index in [2.05, 4.69) is 16.5 Å². The van der Waals surface area contributed by atoms with E-state index >= 15 is 0 Å². The molecule has 0 amide bonds. The van der Waals surface area contributed by atoms with Gasteiger partial charge in [-0.2, -0.15) is 0 Å². The van der Waals surface area contributed by atoms with Gasteiger partial charge in [0.25, 0.3) is 0 Å². The minimum absolute atomic E-state index is 0.339. The van der Waals surface area contributed by atoms with Crippen LogP contribution in [-0.2, 0) is 6.42 Å². The number of phenolic OH excluding ortho intramolecular Hbond substituents is 1. The third-order valence-corrected chi connectivity index (χ3v) is 3.42. The summed E-state index contributed by atoms with van der Waals surface area (Å²) in [4.78, 5) is 7.50. The van der Waals surface area contributed by atoms with Crippen molar-refractivity contribution >= 4 is 11.0 Å². The van der Waals surface area contributed by atoms with Crippen molar-refractivity contribution in [2.24, 2.45) is 0 Å². The molecule has 3 nitrogen and oxygen atoms in total. The number of imidazole rings is 1. The van der Waals surface area contributed by atoms with E-state index in [0.717, 1.165) is 28.0 Å². The highest BCUT2D eigenvalue weighted by Crippen LogP contribution is 2.34. The summed E-state index contributed by atoms with van der Waals surface area (Å²) in [7, 11) is 0. The molecule has 0 aliphatic rings. The molecule has 0 fully saturated rings. The molecule has 4 heteroatoms. The number of nitrogens with zero attached hydrogens (tertiary/aromatic N) is 1. The Kier molecular flexibility index (Phi) is 3.22. The van der Waals surface area contributed by atoms with E-state index in [1.807, 2.05) is 25.1 Å². The predicted molar refractivity (Wildman–Crippen MR) is 81.8 cm³/mol. The molecule has 2 N–H and O–H groups in total. The van der Waals surface area contributed by atoms with Crippen LogP contribution in [0.15, 0.2) is 43.0 Å². The van der Waals surface area contributed by atoms with E-state index in [1.165, 1.54) is 6.07 Å². The molecule has 3 aromatic rings. The second-order valence-corrected chi connectivity index (χ2v) is 5.02. The molecule has 2 aromatic carbocycles. The number of aromatic hydroxyl groups is 1. The zero-order valence-electron chi connectivity index (χ0n) is 11.7. The topological polar surface area (TPSA) is 48.9 Å². The van der Waals surface area contributed by atoms with Crippen LogP contribution in [0.2, 0.25) is 0 Å². The Morgan fingerprint density at radius 3 is 2.90 bits per heavy atom. The van der Waals surface area contributed by atoms with Crippen LogP contribution in [0.4, 0.5) is 4.39 Å². The van der Waals surface area contributed by atoms with Crippen molar-refractivity contribution in [3.8, 4) is 16.9 Å². The fourth-order valence-electron chi connectivity index (χ4n) is 2.46. The molecule has 0 saturated carbocycles. The van der Waals surface area contributed by atoms with E-state index in [4.69, 9.17) is 0 Å². The van der Waals surface area contributed by atoms with Crippen LogP contribution in [0, 0.1) is 12.7 Å². The van der Waals surface area contributed by atoms with E-state index in [-0.39, 0.29) is 5.75 Å². The Hall–Kier alpha value is -2.62. The van der Waals surface area contributed by atoms with Gasteiger partial charge in [-0.3, -0.25) is 0 Å². The number of H-pyrrole nitrogens is 1. The number of nitrogens with one attached hydrogen (secondary N) is 1. The summed E-state index contributed by atoms with van der Waals surface area (Å²) in [6.07, 6.45) is 2.25. The van der Waals surface area contributed by atoms with Crippen molar-refractivity contribution in [1.29, 1.82) is 0 Å². The number of aromatic nitrogens is 2. The zero-order chi connectivity index (χ0) is 15.0. The average molecular weight is 282 g/mol. The number of aryl methyl sites for hydroxylation is 1. The summed E-state index contributed by atoms with van der Waals surface area (Å²) >= 11 is 0. The molecule has 1 heterocycles. The van der Waals surface area contributed by atoms with Gasteiger partial charge in [0.05, 0.1) is 11.0 Å². The van der Waals surface area contributed by atoms with Gasteiger partial charge in [-0.15, -0.1) is 6.58 Å². The molecule has 0 spiro atoms. The van der Waals surface area contributed by atoms with Gasteiger partial charge in [-0.05, 0) is 48.7 Å². The molecule has 0 radical (unpaired) electrons. The van der Waals surface area contributed by atoms with Crippen molar-refractivity contribution in [3.05, 3.63) is 60.2 Å². The van der Waals surface area contributed by atoms with Gasteiger partial charge in [0.15, 0.2) is 11.6 Å². The van der Waals surface area contributed by atoms with Gasteiger partial charge in [0, 0.05) is 5.56 Å². The van der Waals surface area contributed by atoms with Crippen LogP contribution in [-0.4, -0.2) is 15.1 Å². The van der Waals surface area contributed by atoms with Crippen molar-refractivity contribution in [2.75, 3.05) is 0 Å². The monoisotopic (exact) mass is 282 g/mol. The highest BCUT2D eigenvalue weighted by atomic mass is 19.1. The number of aromatic amines is 1. The predicted octanol–water partition coefficient (Wildman–Crippen LogP) is 4.11. The van der Waals surface area contributed by atoms with Gasteiger partial charge in [0.2, 0.25) is 0 Å². The number of halogens is 1. The lowest BCUT2D eigenvalue weighted by atomic mass is 9.99. The van der Waals surface area contributed by atoms with Crippen LogP contribution >= 0.6 is 0 Å².